The number of allylic oxidation sites excluding steroid dienone is 4. The maximum absolute atomic E-state index is 15.8. The molecule has 0 aromatic heterocycles. The zero-order valence-corrected chi connectivity index (χ0v) is 21.5. The number of methoxy groups -OCH3 is 1. The van der Waals surface area contributed by atoms with Crippen LogP contribution < -0.4 is 0 Å². The number of halogens is 3. The number of aliphatic hydroxyl groups excluding tert-OH is 1. The van der Waals surface area contributed by atoms with Crippen LogP contribution in [0.1, 0.15) is 53.4 Å². The number of hydrogen-bond acceptors (Lipinski definition) is 6. The van der Waals surface area contributed by atoms with E-state index >= 15 is 4.39 Å². The Labute approximate surface area is 208 Å². The smallest absolute Gasteiger partial charge is 0.351 e. The lowest BCUT2D eigenvalue weighted by molar-refractivity contribution is -0.215. The predicted molar refractivity (Wildman–Crippen MR) is 124 cm³/mol. The van der Waals surface area contributed by atoms with Crippen molar-refractivity contribution in [2.75, 3.05) is 7.11 Å². The van der Waals surface area contributed by atoms with Gasteiger partial charge in [-0.05, 0) is 42.7 Å². The molecule has 188 valence electrons. The SMILES string of the molecule is CCC(=O)O[C@]1(C(=O)OC)[C@H](C)C[C@H]2[C@@H]3C[C@H](F)C4=C(Cl)C(=O)C=C[C@]4(C)[C@@]3(Cl)[C@@H](O)C[C@@]21C. The number of carbonyl (C=O) groups excluding carboxylic acids is 3. The summed E-state index contributed by atoms with van der Waals surface area (Å²) in [6.07, 6.45) is 0.494. The lowest BCUT2D eigenvalue weighted by Crippen LogP contribution is -2.70. The summed E-state index contributed by atoms with van der Waals surface area (Å²) in [5.74, 6) is -3.15. The summed E-state index contributed by atoms with van der Waals surface area (Å²) in [6.45, 7) is 6.95. The molecule has 0 aliphatic heterocycles. The summed E-state index contributed by atoms with van der Waals surface area (Å²) in [4.78, 5) is 36.6. The van der Waals surface area contributed by atoms with Crippen LogP contribution >= 0.6 is 23.2 Å². The molecule has 34 heavy (non-hydrogen) atoms. The van der Waals surface area contributed by atoms with Crippen molar-refractivity contribution in [3.8, 4) is 0 Å². The summed E-state index contributed by atoms with van der Waals surface area (Å²) in [5.41, 5.74) is -3.82. The first-order chi connectivity index (χ1) is 15.8. The second-order valence-electron chi connectivity index (χ2n) is 10.6. The first-order valence-electron chi connectivity index (χ1n) is 11.7. The van der Waals surface area contributed by atoms with Gasteiger partial charge in [-0.25, -0.2) is 9.18 Å². The number of esters is 2. The van der Waals surface area contributed by atoms with Crippen molar-refractivity contribution in [2.24, 2.45) is 28.6 Å². The summed E-state index contributed by atoms with van der Waals surface area (Å²) >= 11 is 13.6. The Bertz CT molecular complexity index is 1010. The van der Waals surface area contributed by atoms with E-state index in [9.17, 15) is 19.5 Å². The van der Waals surface area contributed by atoms with Crippen molar-refractivity contribution in [3.05, 3.63) is 22.8 Å². The number of ether oxygens (including phenoxy) is 2. The molecule has 4 aliphatic carbocycles. The molecule has 1 N–H and O–H groups in total. The van der Waals surface area contributed by atoms with E-state index in [0.29, 0.717) is 6.42 Å². The van der Waals surface area contributed by atoms with Crippen LogP contribution in [0.3, 0.4) is 0 Å². The van der Waals surface area contributed by atoms with Gasteiger partial charge in [0, 0.05) is 23.2 Å². The molecule has 0 amide bonds. The molecular weight excluding hydrogens is 486 g/mol. The van der Waals surface area contributed by atoms with E-state index in [4.69, 9.17) is 32.7 Å². The highest BCUT2D eigenvalue weighted by atomic mass is 35.5. The summed E-state index contributed by atoms with van der Waals surface area (Å²) in [5, 5.41) is 11.5. The third-order valence-electron chi connectivity index (χ3n) is 9.30. The number of ketones is 1. The van der Waals surface area contributed by atoms with Crippen molar-refractivity contribution < 1.29 is 33.4 Å². The standard InChI is InChI=1S/C25H31Cl2FO6/c1-6-18(31)34-25(21(32)33-5)12(2)9-13-14-10-15(28)19-20(26)16(29)7-8-22(19,3)24(14,27)17(30)11-23(13,25)4/h7-8,12-15,17,30H,6,9-11H2,1-5H3/t12-,13+,14+,15+,17+,22+,23+,24+,25+/m1/s1. The van der Waals surface area contributed by atoms with Crippen molar-refractivity contribution in [1.29, 1.82) is 0 Å². The van der Waals surface area contributed by atoms with Gasteiger partial charge in [0.1, 0.15) is 6.17 Å². The van der Waals surface area contributed by atoms with Crippen LogP contribution in [-0.2, 0) is 23.9 Å². The minimum atomic E-state index is -1.64. The summed E-state index contributed by atoms with van der Waals surface area (Å²) < 4.78 is 26.8. The number of carbonyl (C=O) groups is 3. The van der Waals surface area contributed by atoms with Gasteiger partial charge in [0.15, 0.2) is 5.78 Å². The van der Waals surface area contributed by atoms with Crippen LogP contribution in [0.5, 0.6) is 0 Å². The molecule has 0 bridgehead atoms. The molecule has 0 radical (unpaired) electrons. The van der Waals surface area contributed by atoms with Crippen LogP contribution in [-0.4, -0.2) is 52.7 Å². The molecule has 0 unspecified atom stereocenters. The first kappa shape index (κ1) is 25.6. The molecule has 3 fully saturated rings. The van der Waals surface area contributed by atoms with Crippen LogP contribution in [0.15, 0.2) is 22.8 Å². The summed E-state index contributed by atoms with van der Waals surface area (Å²) in [7, 11) is 1.24. The Morgan fingerprint density at radius 1 is 1.26 bits per heavy atom. The second-order valence-corrected chi connectivity index (χ2v) is 11.6. The number of hydrogen-bond donors (Lipinski definition) is 1. The van der Waals surface area contributed by atoms with Gasteiger partial charge >= 0.3 is 11.9 Å². The topological polar surface area (TPSA) is 89.9 Å². The highest BCUT2D eigenvalue weighted by Gasteiger charge is 2.78. The molecule has 0 heterocycles. The Kier molecular flexibility index (Phi) is 6.06. The average Bonchev–Trinajstić information content (AvgIpc) is 3.00. The van der Waals surface area contributed by atoms with Crippen LogP contribution in [0.25, 0.3) is 0 Å². The average molecular weight is 517 g/mol. The van der Waals surface area contributed by atoms with Gasteiger partial charge < -0.3 is 14.6 Å². The van der Waals surface area contributed by atoms with E-state index in [1.807, 2.05) is 6.92 Å². The van der Waals surface area contributed by atoms with E-state index in [0.717, 1.165) is 0 Å². The van der Waals surface area contributed by atoms with Crippen molar-refractivity contribution in [3.63, 3.8) is 0 Å². The monoisotopic (exact) mass is 516 g/mol. The number of aliphatic hydroxyl groups is 1. The van der Waals surface area contributed by atoms with Gasteiger partial charge in [0.25, 0.3) is 0 Å². The Hall–Kier alpha value is -1.44. The third-order valence-corrected chi connectivity index (χ3v) is 10.6. The maximum Gasteiger partial charge on any atom is 0.351 e. The molecule has 4 rings (SSSR count). The normalized spacial score (nSPS) is 47.6. The first-order valence-corrected chi connectivity index (χ1v) is 12.5. The quantitative estimate of drug-likeness (QED) is 0.445. The van der Waals surface area contributed by atoms with Gasteiger partial charge in [-0.15, -0.1) is 11.6 Å². The Balaban J connectivity index is 1.90. The fourth-order valence-corrected chi connectivity index (χ4v) is 8.57. The fourth-order valence-electron chi connectivity index (χ4n) is 7.71. The van der Waals surface area contributed by atoms with Gasteiger partial charge in [-0.3, -0.25) is 9.59 Å². The third kappa shape index (κ3) is 2.86. The van der Waals surface area contributed by atoms with Gasteiger partial charge in [0.2, 0.25) is 5.60 Å². The van der Waals surface area contributed by atoms with Crippen molar-refractivity contribution >= 4 is 40.9 Å². The van der Waals surface area contributed by atoms with Gasteiger partial charge in [-0.1, -0.05) is 45.4 Å². The van der Waals surface area contributed by atoms with E-state index in [1.165, 1.54) is 13.2 Å². The van der Waals surface area contributed by atoms with Gasteiger partial charge in [0.05, 0.1) is 23.1 Å². The Morgan fingerprint density at radius 2 is 1.91 bits per heavy atom. The van der Waals surface area contributed by atoms with E-state index < -0.39 is 63.1 Å². The van der Waals surface area contributed by atoms with Crippen LogP contribution in [0, 0.1) is 28.6 Å². The molecule has 0 aromatic rings. The maximum atomic E-state index is 15.8. The van der Waals surface area contributed by atoms with Crippen LogP contribution in [0.4, 0.5) is 4.39 Å². The predicted octanol–water partition coefficient (Wildman–Crippen LogP) is 4.25. The van der Waals surface area contributed by atoms with E-state index in [-0.39, 0.29) is 35.8 Å². The molecule has 4 aliphatic rings. The van der Waals surface area contributed by atoms with E-state index in [1.54, 1.807) is 26.8 Å². The lowest BCUT2D eigenvalue weighted by atomic mass is 9.45. The molecule has 9 heteroatoms. The second kappa shape index (κ2) is 8.04. The number of rotatable bonds is 3. The molecule has 0 saturated heterocycles. The number of fused-ring (bicyclic) bond motifs is 5. The molecule has 6 nitrogen and oxygen atoms in total. The molecule has 3 saturated carbocycles. The highest BCUT2D eigenvalue weighted by Crippen LogP contribution is 2.72. The van der Waals surface area contributed by atoms with Crippen LogP contribution in [0.2, 0.25) is 0 Å². The Morgan fingerprint density at radius 3 is 2.50 bits per heavy atom. The molecule has 0 spiro atoms. The molecule has 0 aromatic carbocycles. The largest absolute Gasteiger partial charge is 0.466 e. The fraction of sp³-hybridized carbons (Fsp3) is 0.720. The lowest BCUT2D eigenvalue weighted by Gasteiger charge is -2.64. The molecule has 9 atom stereocenters. The van der Waals surface area contributed by atoms with E-state index in [2.05, 4.69) is 0 Å². The van der Waals surface area contributed by atoms with Crippen molar-refractivity contribution in [1.82, 2.24) is 0 Å². The number of alkyl halides is 2. The highest BCUT2D eigenvalue weighted by molar-refractivity contribution is 6.45. The van der Waals surface area contributed by atoms with Crippen molar-refractivity contribution in [2.45, 2.75) is 76.1 Å². The minimum Gasteiger partial charge on any atom is -0.466 e. The summed E-state index contributed by atoms with van der Waals surface area (Å²) in [6, 6.07) is 0. The molecular formula is C25H31Cl2FO6. The zero-order valence-electron chi connectivity index (χ0n) is 20.0. The zero-order chi connectivity index (χ0) is 25.4. The minimum absolute atomic E-state index is 0.0212. The van der Waals surface area contributed by atoms with Gasteiger partial charge in [-0.2, -0.15) is 0 Å².